The molecule has 4 rings (SSSR count). The van der Waals surface area contributed by atoms with Crippen LogP contribution in [-0.2, 0) is 9.59 Å². The highest BCUT2D eigenvalue weighted by Gasteiger charge is 2.66. The highest BCUT2D eigenvalue weighted by molar-refractivity contribution is 5.94. The number of amides is 1. The number of hydrogen-bond acceptors (Lipinski definition) is 2. The van der Waals surface area contributed by atoms with Crippen molar-refractivity contribution < 1.29 is 9.59 Å². The zero-order valence-electron chi connectivity index (χ0n) is 15.8. The van der Waals surface area contributed by atoms with Gasteiger partial charge in [0.05, 0.1) is 5.92 Å². The lowest BCUT2D eigenvalue weighted by atomic mass is 9.60. The van der Waals surface area contributed by atoms with E-state index in [1.54, 1.807) is 0 Å². The minimum atomic E-state index is -0.219. The zero-order valence-corrected chi connectivity index (χ0v) is 15.8. The van der Waals surface area contributed by atoms with Crippen LogP contribution < -0.4 is 5.32 Å². The Morgan fingerprint density at radius 3 is 2.84 bits per heavy atom. The van der Waals surface area contributed by atoms with Gasteiger partial charge in [-0.2, -0.15) is 0 Å². The van der Waals surface area contributed by atoms with Crippen molar-refractivity contribution in [3.05, 3.63) is 34.9 Å². The second-order valence-electron chi connectivity index (χ2n) is 9.31. The van der Waals surface area contributed by atoms with Crippen LogP contribution >= 0.6 is 0 Å². The van der Waals surface area contributed by atoms with E-state index in [1.165, 1.54) is 16.7 Å². The molecule has 1 spiro atoms. The number of Topliss-reactive ketones (excluding diaryl/α,β-unsaturated/α-hetero) is 1. The summed E-state index contributed by atoms with van der Waals surface area (Å²) in [6.45, 7) is 9.17. The van der Waals surface area contributed by atoms with Crippen LogP contribution in [-0.4, -0.2) is 18.2 Å². The third-order valence-electron chi connectivity index (χ3n) is 7.10. The smallest absolute Gasteiger partial charge is 0.228 e. The Kier molecular flexibility index (Phi) is 3.65. The normalized spacial score (nSPS) is 35.6. The summed E-state index contributed by atoms with van der Waals surface area (Å²) >= 11 is 0. The van der Waals surface area contributed by atoms with Crippen LogP contribution in [0.25, 0.3) is 0 Å². The SMILES string of the molecule is Cc1cccc2c1[C@H](C(=O)NCC(C)C)[C@@]13CC(=O)[C@@](C)(CC[C@H]21)C3. The number of benzene rings is 1. The quantitative estimate of drug-likeness (QED) is 0.901. The molecule has 0 heterocycles. The first-order valence-corrected chi connectivity index (χ1v) is 9.69. The van der Waals surface area contributed by atoms with Gasteiger partial charge in [-0.05, 0) is 54.7 Å². The van der Waals surface area contributed by atoms with E-state index in [1.807, 2.05) is 0 Å². The van der Waals surface area contributed by atoms with Crippen molar-refractivity contribution in [1.82, 2.24) is 5.32 Å². The Hall–Kier alpha value is -1.64. The molecule has 25 heavy (non-hydrogen) atoms. The van der Waals surface area contributed by atoms with Crippen molar-refractivity contribution in [1.29, 1.82) is 0 Å². The van der Waals surface area contributed by atoms with Gasteiger partial charge in [-0.1, -0.05) is 39.0 Å². The van der Waals surface area contributed by atoms with Gasteiger partial charge in [0.15, 0.2) is 0 Å². The summed E-state index contributed by atoms with van der Waals surface area (Å²) in [5.41, 5.74) is 3.34. The lowest BCUT2D eigenvalue weighted by Crippen LogP contribution is -2.41. The summed E-state index contributed by atoms with van der Waals surface area (Å²) in [7, 11) is 0. The Morgan fingerprint density at radius 1 is 1.36 bits per heavy atom. The van der Waals surface area contributed by atoms with Crippen molar-refractivity contribution in [2.24, 2.45) is 16.7 Å². The maximum atomic E-state index is 13.3. The molecular weight excluding hydrogens is 310 g/mol. The molecule has 2 fully saturated rings. The first kappa shape index (κ1) is 16.8. The molecule has 0 saturated heterocycles. The third-order valence-corrected chi connectivity index (χ3v) is 7.10. The standard InChI is InChI=1S/C22H29NO2/c1-13(2)11-23-20(25)19-18-14(3)6-5-7-15(18)16-8-9-21(4)12-22(16,19)10-17(21)24/h5-7,13,16,19H,8-12H2,1-4H3,(H,23,25)/t16-,19-,21+,22-/m1/s1. The first-order chi connectivity index (χ1) is 11.8. The van der Waals surface area contributed by atoms with E-state index in [-0.39, 0.29) is 22.7 Å². The van der Waals surface area contributed by atoms with E-state index < -0.39 is 0 Å². The fourth-order valence-corrected chi connectivity index (χ4v) is 5.98. The van der Waals surface area contributed by atoms with E-state index in [0.717, 1.165) is 19.3 Å². The van der Waals surface area contributed by atoms with Crippen LogP contribution in [0.4, 0.5) is 0 Å². The summed E-state index contributed by atoms with van der Waals surface area (Å²) in [5.74, 6) is 1.12. The predicted molar refractivity (Wildman–Crippen MR) is 98.5 cm³/mol. The average Bonchev–Trinajstić information content (AvgIpc) is 2.93. The molecule has 0 unspecified atom stereocenters. The van der Waals surface area contributed by atoms with Crippen LogP contribution in [0, 0.1) is 23.7 Å². The van der Waals surface area contributed by atoms with Crippen LogP contribution in [0.3, 0.4) is 0 Å². The van der Waals surface area contributed by atoms with Gasteiger partial charge in [-0.3, -0.25) is 9.59 Å². The minimum Gasteiger partial charge on any atom is -0.355 e. The van der Waals surface area contributed by atoms with Gasteiger partial charge < -0.3 is 5.32 Å². The van der Waals surface area contributed by atoms with Gasteiger partial charge in [0.1, 0.15) is 5.78 Å². The van der Waals surface area contributed by atoms with Crippen molar-refractivity contribution in [2.45, 2.75) is 65.2 Å². The van der Waals surface area contributed by atoms with E-state index >= 15 is 0 Å². The lowest BCUT2D eigenvalue weighted by molar-refractivity contribution is -0.126. The van der Waals surface area contributed by atoms with Crippen molar-refractivity contribution in [3.8, 4) is 0 Å². The maximum Gasteiger partial charge on any atom is 0.228 e. The Bertz CT molecular complexity index is 752. The van der Waals surface area contributed by atoms with Gasteiger partial charge in [0.25, 0.3) is 0 Å². The molecule has 1 aromatic rings. The molecule has 3 nitrogen and oxygen atoms in total. The summed E-state index contributed by atoms with van der Waals surface area (Å²) in [5, 5.41) is 3.18. The number of carbonyl (C=O) groups excluding carboxylic acids is 2. The van der Waals surface area contributed by atoms with Crippen LogP contribution in [0.1, 0.15) is 75.0 Å². The number of fused-ring (bicyclic) bond motifs is 3. The molecule has 134 valence electrons. The monoisotopic (exact) mass is 339 g/mol. The fraction of sp³-hybridized carbons (Fsp3) is 0.636. The van der Waals surface area contributed by atoms with Gasteiger partial charge >= 0.3 is 0 Å². The summed E-state index contributed by atoms with van der Waals surface area (Å²) < 4.78 is 0. The third kappa shape index (κ3) is 2.24. The molecule has 2 bridgehead atoms. The average molecular weight is 339 g/mol. The molecule has 0 aromatic heterocycles. The van der Waals surface area contributed by atoms with Gasteiger partial charge in [-0.15, -0.1) is 0 Å². The molecule has 3 heteroatoms. The summed E-state index contributed by atoms with van der Waals surface area (Å²) in [4.78, 5) is 26.1. The van der Waals surface area contributed by atoms with Gasteiger partial charge in [0.2, 0.25) is 5.91 Å². The van der Waals surface area contributed by atoms with E-state index in [0.29, 0.717) is 30.6 Å². The van der Waals surface area contributed by atoms with Gasteiger partial charge in [-0.25, -0.2) is 0 Å². The number of aryl methyl sites for hydroxylation is 1. The predicted octanol–water partition coefficient (Wildman–Crippen LogP) is 4.10. The molecule has 2 saturated carbocycles. The van der Waals surface area contributed by atoms with Crippen LogP contribution in [0.5, 0.6) is 0 Å². The lowest BCUT2D eigenvalue weighted by Gasteiger charge is -2.42. The van der Waals surface area contributed by atoms with E-state index in [4.69, 9.17) is 0 Å². The molecule has 1 amide bonds. The molecule has 3 aliphatic rings. The number of ketones is 1. The zero-order chi connectivity index (χ0) is 18.0. The highest BCUT2D eigenvalue weighted by atomic mass is 16.2. The second-order valence-corrected chi connectivity index (χ2v) is 9.31. The molecule has 3 aliphatic carbocycles. The fourth-order valence-electron chi connectivity index (χ4n) is 5.98. The van der Waals surface area contributed by atoms with Crippen LogP contribution in [0.2, 0.25) is 0 Å². The highest BCUT2D eigenvalue weighted by Crippen LogP contribution is 2.71. The van der Waals surface area contributed by atoms with Crippen molar-refractivity contribution >= 4 is 11.7 Å². The molecule has 1 N–H and O–H groups in total. The first-order valence-electron chi connectivity index (χ1n) is 9.69. The Morgan fingerprint density at radius 2 is 2.12 bits per heavy atom. The number of nitrogens with one attached hydrogen (secondary N) is 1. The second kappa shape index (κ2) is 5.43. The Labute approximate surface area is 150 Å². The topological polar surface area (TPSA) is 46.2 Å². The van der Waals surface area contributed by atoms with Crippen LogP contribution in [0.15, 0.2) is 18.2 Å². The number of carbonyl (C=O) groups is 2. The maximum absolute atomic E-state index is 13.3. The minimum absolute atomic E-state index is 0.130. The molecule has 4 atom stereocenters. The van der Waals surface area contributed by atoms with Gasteiger partial charge in [0, 0.05) is 23.8 Å². The largest absolute Gasteiger partial charge is 0.355 e. The Balaban J connectivity index is 1.82. The summed E-state index contributed by atoms with van der Waals surface area (Å²) in [6, 6.07) is 6.43. The molecular formula is C22H29NO2. The molecule has 0 radical (unpaired) electrons. The van der Waals surface area contributed by atoms with Crippen molar-refractivity contribution in [2.75, 3.05) is 6.54 Å². The van der Waals surface area contributed by atoms with Crippen molar-refractivity contribution in [3.63, 3.8) is 0 Å². The number of hydrogen-bond donors (Lipinski definition) is 1. The number of rotatable bonds is 3. The molecule has 0 aliphatic heterocycles. The van der Waals surface area contributed by atoms with E-state index in [9.17, 15) is 9.59 Å². The van der Waals surface area contributed by atoms with E-state index in [2.05, 4.69) is 51.2 Å². The summed E-state index contributed by atoms with van der Waals surface area (Å²) in [6.07, 6.45) is 3.44. The molecule has 1 aromatic carbocycles.